The summed E-state index contributed by atoms with van der Waals surface area (Å²) < 4.78 is 0. The highest BCUT2D eigenvalue weighted by molar-refractivity contribution is 5.83. The van der Waals surface area contributed by atoms with E-state index in [9.17, 15) is 4.79 Å². The van der Waals surface area contributed by atoms with Crippen LogP contribution in [0.5, 0.6) is 0 Å². The van der Waals surface area contributed by atoms with Gasteiger partial charge in [-0.25, -0.2) is 10.2 Å². The molecule has 2 amide bonds. The molecule has 0 saturated heterocycles. The Morgan fingerprint density at radius 2 is 2.20 bits per heavy atom. The molecule has 0 aliphatic heterocycles. The Hall–Kier alpha value is -1.84. The van der Waals surface area contributed by atoms with Crippen LogP contribution in [0.1, 0.15) is 29.9 Å². The van der Waals surface area contributed by atoms with Gasteiger partial charge >= 0.3 is 6.03 Å². The molecule has 1 aliphatic carbocycles. The normalized spacial score (nSPS) is 15.5. The number of hydrogen-bond donors (Lipinski definition) is 2. The van der Waals surface area contributed by atoms with Crippen LogP contribution in [-0.2, 0) is 0 Å². The first-order chi connectivity index (χ1) is 7.27. The number of urea groups is 1. The van der Waals surface area contributed by atoms with Crippen molar-refractivity contribution in [2.45, 2.75) is 18.8 Å². The summed E-state index contributed by atoms with van der Waals surface area (Å²) >= 11 is 0. The third-order valence-corrected chi connectivity index (χ3v) is 2.39. The number of carbonyl (C=O) groups excluding carboxylic acids is 1. The summed E-state index contributed by atoms with van der Waals surface area (Å²) in [6.45, 7) is 0. The number of carbonyl (C=O) groups is 1. The van der Waals surface area contributed by atoms with E-state index in [4.69, 9.17) is 5.73 Å². The number of benzene rings is 1. The first kappa shape index (κ1) is 9.71. The molecule has 1 aromatic rings. The van der Waals surface area contributed by atoms with E-state index in [1.807, 2.05) is 18.2 Å². The minimum absolute atomic E-state index is 0.643. The monoisotopic (exact) mass is 203 g/mol. The van der Waals surface area contributed by atoms with Gasteiger partial charge in [0.2, 0.25) is 0 Å². The Labute approximate surface area is 88.2 Å². The molecule has 0 radical (unpaired) electrons. The number of nitrogens with zero attached hydrogens (tertiary/aromatic N) is 1. The fourth-order valence-corrected chi connectivity index (χ4v) is 1.56. The highest BCUT2D eigenvalue weighted by atomic mass is 16.2. The van der Waals surface area contributed by atoms with Crippen molar-refractivity contribution in [1.82, 2.24) is 5.43 Å². The van der Waals surface area contributed by atoms with E-state index < -0.39 is 6.03 Å². The number of amides is 2. The van der Waals surface area contributed by atoms with Gasteiger partial charge in [0.1, 0.15) is 0 Å². The number of rotatable bonds is 3. The van der Waals surface area contributed by atoms with Gasteiger partial charge in [0.25, 0.3) is 0 Å². The highest BCUT2D eigenvalue weighted by Gasteiger charge is 2.24. The maximum atomic E-state index is 10.4. The number of hydrogen-bond acceptors (Lipinski definition) is 2. The van der Waals surface area contributed by atoms with E-state index in [2.05, 4.69) is 16.6 Å². The highest BCUT2D eigenvalue weighted by Crippen LogP contribution is 2.41. The molecule has 0 unspecified atom stereocenters. The van der Waals surface area contributed by atoms with Gasteiger partial charge in [0.05, 0.1) is 6.21 Å². The fourth-order valence-electron chi connectivity index (χ4n) is 1.56. The van der Waals surface area contributed by atoms with Crippen molar-refractivity contribution in [3.8, 4) is 0 Å². The largest absolute Gasteiger partial charge is 0.350 e. The Balaban J connectivity index is 2.12. The molecule has 0 heterocycles. The summed E-state index contributed by atoms with van der Waals surface area (Å²) in [4.78, 5) is 10.4. The Kier molecular flexibility index (Phi) is 2.67. The van der Waals surface area contributed by atoms with Gasteiger partial charge in [0.15, 0.2) is 0 Å². The SMILES string of the molecule is NC(=O)NN=Cc1ccccc1C1CC1. The third-order valence-electron chi connectivity index (χ3n) is 2.39. The lowest BCUT2D eigenvalue weighted by Gasteiger charge is -2.02. The predicted octanol–water partition coefficient (Wildman–Crippen LogP) is 1.57. The summed E-state index contributed by atoms with van der Waals surface area (Å²) in [6.07, 6.45) is 4.13. The van der Waals surface area contributed by atoms with Crippen LogP contribution in [-0.4, -0.2) is 12.2 Å². The zero-order valence-corrected chi connectivity index (χ0v) is 8.31. The molecule has 3 N–H and O–H groups in total. The van der Waals surface area contributed by atoms with Crippen molar-refractivity contribution < 1.29 is 4.79 Å². The van der Waals surface area contributed by atoms with Crippen molar-refractivity contribution in [3.05, 3.63) is 35.4 Å². The molecule has 1 aliphatic rings. The molecule has 0 spiro atoms. The second-order valence-corrected chi connectivity index (χ2v) is 3.64. The first-order valence-electron chi connectivity index (χ1n) is 4.95. The van der Waals surface area contributed by atoms with Crippen LogP contribution in [0.15, 0.2) is 29.4 Å². The maximum absolute atomic E-state index is 10.4. The van der Waals surface area contributed by atoms with E-state index in [1.165, 1.54) is 18.4 Å². The number of nitrogens with one attached hydrogen (secondary N) is 1. The standard InChI is InChI=1S/C11H13N3O/c12-11(15)14-13-7-9-3-1-2-4-10(9)8-5-6-8/h1-4,7-8H,5-6H2,(H3,12,14,15). The molecule has 15 heavy (non-hydrogen) atoms. The Morgan fingerprint density at radius 3 is 2.87 bits per heavy atom. The van der Waals surface area contributed by atoms with Crippen LogP contribution in [0.25, 0.3) is 0 Å². The third kappa shape index (κ3) is 2.56. The minimum Gasteiger partial charge on any atom is -0.350 e. The van der Waals surface area contributed by atoms with E-state index in [1.54, 1.807) is 6.21 Å². The molecule has 4 heteroatoms. The van der Waals surface area contributed by atoms with E-state index in [-0.39, 0.29) is 0 Å². The van der Waals surface area contributed by atoms with E-state index in [0.29, 0.717) is 5.92 Å². The van der Waals surface area contributed by atoms with Gasteiger partial charge in [-0.2, -0.15) is 5.10 Å². The molecular formula is C11H13N3O. The van der Waals surface area contributed by atoms with Crippen LogP contribution in [0.2, 0.25) is 0 Å². The summed E-state index contributed by atoms with van der Waals surface area (Å²) in [5, 5.41) is 3.76. The molecule has 1 aromatic carbocycles. The Morgan fingerprint density at radius 1 is 1.47 bits per heavy atom. The van der Waals surface area contributed by atoms with Crippen LogP contribution in [0.4, 0.5) is 4.79 Å². The van der Waals surface area contributed by atoms with Crippen molar-refractivity contribution in [3.63, 3.8) is 0 Å². The average molecular weight is 203 g/mol. The van der Waals surface area contributed by atoms with Crippen molar-refractivity contribution >= 4 is 12.2 Å². The topological polar surface area (TPSA) is 67.5 Å². The van der Waals surface area contributed by atoms with Crippen molar-refractivity contribution in [2.24, 2.45) is 10.8 Å². The number of hydrazone groups is 1. The van der Waals surface area contributed by atoms with Gasteiger partial charge < -0.3 is 5.73 Å². The molecule has 0 bridgehead atoms. The van der Waals surface area contributed by atoms with Crippen LogP contribution in [0, 0.1) is 0 Å². The molecule has 4 nitrogen and oxygen atoms in total. The molecular weight excluding hydrogens is 190 g/mol. The zero-order valence-electron chi connectivity index (χ0n) is 8.31. The van der Waals surface area contributed by atoms with Crippen molar-refractivity contribution in [2.75, 3.05) is 0 Å². The summed E-state index contributed by atoms with van der Waals surface area (Å²) in [6, 6.07) is 7.42. The molecule has 1 saturated carbocycles. The smallest absolute Gasteiger partial charge is 0.332 e. The first-order valence-corrected chi connectivity index (χ1v) is 4.95. The summed E-state index contributed by atoms with van der Waals surface area (Å²) in [7, 11) is 0. The van der Waals surface area contributed by atoms with Crippen molar-refractivity contribution in [1.29, 1.82) is 0 Å². The van der Waals surface area contributed by atoms with Crippen LogP contribution >= 0.6 is 0 Å². The van der Waals surface area contributed by atoms with Crippen LogP contribution < -0.4 is 11.2 Å². The van der Waals surface area contributed by atoms with Gasteiger partial charge in [-0.3, -0.25) is 0 Å². The fraction of sp³-hybridized carbons (Fsp3) is 0.273. The summed E-state index contributed by atoms with van der Waals surface area (Å²) in [5.41, 5.74) is 9.44. The molecule has 0 aromatic heterocycles. The van der Waals surface area contributed by atoms with E-state index >= 15 is 0 Å². The quantitative estimate of drug-likeness (QED) is 0.568. The van der Waals surface area contributed by atoms with Gasteiger partial charge in [-0.15, -0.1) is 0 Å². The lowest BCUT2D eigenvalue weighted by Crippen LogP contribution is -2.24. The summed E-state index contributed by atoms with van der Waals surface area (Å²) in [5.74, 6) is 0.668. The Bertz CT molecular complexity index is 397. The predicted molar refractivity (Wildman–Crippen MR) is 58.7 cm³/mol. The zero-order chi connectivity index (χ0) is 10.7. The minimum atomic E-state index is -0.643. The number of nitrogens with two attached hydrogens (primary N) is 1. The molecule has 1 fully saturated rings. The second kappa shape index (κ2) is 4.13. The van der Waals surface area contributed by atoms with E-state index in [0.717, 1.165) is 5.56 Å². The van der Waals surface area contributed by atoms with Gasteiger partial charge in [-0.05, 0) is 29.9 Å². The molecule has 78 valence electrons. The van der Waals surface area contributed by atoms with Crippen LogP contribution in [0.3, 0.4) is 0 Å². The number of primary amides is 1. The molecule has 0 atom stereocenters. The lowest BCUT2D eigenvalue weighted by atomic mass is 10.0. The molecule has 2 rings (SSSR count). The van der Waals surface area contributed by atoms with Gasteiger partial charge in [-0.1, -0.05) is 24.3 Å². The second-order valence-electron chi connectivity index (χ2n) is 3.64. The maximum Gasteiger partial charge on any atom is 0.332 e. The lowest BCUT2D eigenvalue weighted by molar-refractivity contribution is 0.249. The average Bonchev–Trinajstić information content (AvgIpc) is 3.01. The van der Waals surface area contributed by atoms with Gasteiger partial charge in [0, 0.05) is 0 Å².